The predicted octanol–water partition coefficient (Wildman–Crippen LogP) is 0.00570. The number of ether oxygens (including phenoxy) is 3. The predicted molar refractivity (Wildman–Crippen MR) is 27.6 cm³/mol. The zero-order valence-electron chi connectivity index (χ0n) is 4.92. The molecule has 1 aliphatic heterocycles. The third-order valence-electron chi connectivity index (χ3n) is 1.04. The van der Waals surface area contributed by atoms with Gasteiger partial charge < -0.3 is 14.2 Å². The Labute approximate surface area is 48.5 Å². The van der Waals surface area contributed by atoms with E-state index in [4.69, 9.17) is 14.2 Å². The van der Waals surface area contributed by atoms with E-state index in [0.717, 1.165) is 0 Å². The number of rotatable bonds is 2. The van der Waals surface area contributed by atoms with Gasteiger partial charge in [-0.15, -0.1) is 0 Å². The minimum absolute atomic E-state index is 0.167. The molecule has 0 bridgehead atoms. The second kappa shape index (κ2) is 3.02. The molecular formula is C5H10O3. The highest BCUT2D eigenvalue weighted by Crippen LogP contribution is 2.01. The lowest BCUT2D eigenvalue weighted by atomic mass is 10.4. The van der Waals surface area contributed by atoms with E-state index in [0.29, 0.717) is 20.0 Å². The fourth-order valence-electron chi connectivity index (χ4n) is 0.654. The van der Waals surface area contributed by atoms with Crippen molar-refractivity contribution in [2.45, 2.75) is 6.10 Å². The lowest BCUT2D eigenvalue weighted by molar-refractivity contribution is 0.0177. The molecule has 0 aromatic carbocycles. The lowest BCUT2D eigenvalue weighted by Gasteiger charge is -2.02. The van der Waals surface area contributed by atoms with Gasteiger partial charge in [-0.2, -0.15) is 0 Å². The quantitative estimate of drug-likeness (QED) is 0.511. The molecule has 1 saturated heterocycles. The molecule has 3 nitrogen and oxygen atoms in total. The molecule has 1 aliphatic rings. The highest BCUT2D eigenvalue weighted by molar-refractivity contribution is 4.56. The SMILES string of the molecule is COC[C@@H]1COCO1. The van der Waals surface area contributed by atoms with E-state index in [2.05, 4.69) is 0 Å². The summed E-state index contributed by atoms with van der Waals surface area (Å²) in [6, 6.07) is 0. The maximum Gasteiger partial charge on any atom is 0.147 e. The molecule has 1 heterocycles. The molecule has 0 spiro atoms. The standard InChI is InChI=1S/C5H10O3/c1-6-2-5-3-7-4-8-5/h5H,2-4H2,1H3/t5-/m1/s1. The maximum absolute atomic E-state index is 5.05. The van der Waals surface area contributed by atoms with Crippen LogP contribution < -0.4 is 0 Å². The van der Waals surface area contributed by atoms with Crippen molar-refractivity contribution < 1.29 is 14.2 Å². The minimum atomic E-state index is 0.167. The smallest absolute Gasteiger partial charge is 0.147 e. The van der Waals surface area contributed by atoms with Gasteiger partial charge in [0, 0.05) is 7.11 Å². The Hall–Kier alpha value is -0.120. The molecule has 48 valence electrons. The van der Waals surface area contributed by atoms with Crippen LogP contribution in [0.3, 0.4) is 0 Å². The first-order chi connectivity index (χ1) is 3.93. The molecule has 0 unspecified atom stereocenters. The monoisotopic (exact) mass is 118 g/mol. The maximum atomic E-state index is 5.05. The van der Waals surface area contributed by atoms with E-state index in [-0.39, 0.29) is 6.10 Å². The molecule has 3 heteroatoms. The van der Waals surface area contributed by atoms with Crippen LogP contribution in [0.1, 0.15) is 0 Å². The van der Waals surface area contributed by atoms with Crippen molar-refractivity contribution >= 4 is 0 Å². The van der Waals surface area contributed by atoms with Gasteiger partial charge in [0.2, 0.25) is 0 Å². The number of methoxy groups -OCH3 is 1. The van der Waals surface area contributed by atoms with Crippen LogP contribution in [-0.4, -0.2) is 33.2 Å². The fourth-order valence-corrected chi connectivity index (χ4v) is 0.654. The summed E-state index contributed by atoms with van der Waals surface area (Å²) >= 11 is 0. The minimum Gasteiger partial charge on any atom is -0.382 e. The number of hydrogen-bond acceptors (Lipinski definition) is 3. The summed E-state index contributed by atoms with van der Waals surface area (Å²) in [6.07, 6.45) is 0.167. The molecule has 0 radical (unpaired) electrons. The van der Waals surface area contributed by atoms with E-state index in [9.17, 15) is 0 Å². The Bertz CT molecular complexity index is 58.7. The Morgan fingerprint density at radius 1 is 1.75 bits per heavy atom. The van der Waals surface area contributed by atoms with Gasteiger partial charge >= 0.3 is 0 Å². The summed E-state index contributed by atoms with van der Waals surface area (Å²) in [4.78, 5) is 0. The molecule has 0 N–H and O–H groups in total. The Balaban J connectivity index is 2.06. The summed E-state index contributed by atoms with van der Waals surface area (Å²) in [5.74, 6) is 0. The summed E-state index contributed by atoms with van der Waals surface area (Å²) in [6.45, 7) is 1.74. The molecule has 1 fully saturated rings. The van der Waals surface area contributed by atoms with Gasteiger partial charge in [-0.05, 0) is 0 Å². The van der Waals surface area contributed by atoms with Gasteiger partial charge in [-0.25, -0.2) is 0 Å². The molecule has 8 heavy (non-hydrogen) atoms. The zero-order valence-corrected chi connectivity index (χ0v) is 4.92. The van der Waals surface area contributed by atoms with Crippen LogP contribution in [0.5, 0.6) is 0 Å². The third kappa shape index (κ3) is 1.43. The highest BCUT2D eigenvalue weighted by atomic mass is 16.7. The van der Waals surface area contributed by atoms with Crippen LogP contribution in [0.25, 0.3) is 0 Å². The summed E-state index contributed by atoms with van der Waals surface area (Å²) in [7, 11) is 1.65. The van der Waals surface area contributed by atoms with Crippen LogP contribution in [0, 0.1) is 0 Å². The molecule has 1 atom stereocenters. The first-order valence-corrected chi connectivity index (χ1v) is 2.62. The second-order valence-electron chi connectivity index (χ2n) is 1.73. The lowest BCUT2D eigenvalue weighted by Crippen LogP contribution is -2.15. The Morgan fingerprint density at radius 3 is 3.12 bits per heavy atom. The van der Waals surface area contributed by atoms with Crippen LogP contribution >= 0.6 is 0 Å². The van der Waals surface area contributed by atoms with E-state index >= 15 is 0 Å². The fraction of sp³-hybridized carbons (Fsp3) is 1.00. The van der Waals surface area contributed by atoms with Crippen molar-refractivity contribution in [2.24, 2.45) is 0 Å². The van der Waals surface area contributed by atoms with Gasteiger partial charge in [-0.3, -0.25) is 0 Å². The molecule has 0 amide bonds. The molecular weight excluding hydrogens is 108 g/mol. The summed E-state index contributed by atoms with van der Waals surface area (Å²) in [5, 5.41) is 0. The first kappa shape index (κ1) is 6.01. The van der Waals surface area contributed by atoms with E-state index < -0.39 is 0 Å². The van der Waals surface area contributed by atoms with Crippen molar-refractivity contribution in [1.29, 1.82) is 0 Å². The van der Waals surface area contributed by atoms with Crippen molar-refractivity contribution in [3.8, 4) is 0 Å². The first-order valence-electron chi connectivity index (χ1n) is 2.62. The van der Waals surface area contributed by atoms with Crippen LogP contribution in [0.4, 0.5) is 0 Å². The highest BCUT2D eigenvalue weighted by Gasteiger charge is 2.14. The average Bonchev–Trinajstić information content (AvgIpc) is 2.19. The molecule has 0 aliphatic carbocycles. The molecule has 0 saturated carbocycles. The second-order valence-corrected chi connectivity index (χ2v) is 1.73. The van der Waals surface area contributed by atoms with Crippen LogP contribution in [0.2, 0.25) is 0 Å². The van der Waals surface area contributed by atoms with Gasteiger partial charge in [0.25, 0.3) is 0 Å². The summed E-state index contributed by atoms with van der Waals surface area (Å²) in [5.41, 5.74) is 0. The topological polar surface area (TPSA) is 27.7 Å². The van der Waals surface area contributed by atoms with Gasteiger partial charge in [-0.1, -0.05) is 0 Å². The molecule has 0 aromatic heterocycles. The third-order valence-corrected chi connectivity index (χ3v) is 1.04. The van der Waals surface area contributed by atoms with Crippen molar-refractivity contribution in [2.75, 3.05) is 27.1 Å². The van der Waals surface area contributed by atoms with Gasteiger partial charge in [0.1, 0.15) is 12.9 Å². The van der Waals surface area contributed by atoms with E-state index in [1.165, 1.54) is 0 Å². The van der Waals surface area contributed by atoms with Crippen molar-refractivity contribution in [3.63, 3.8) is 0 Å². The average molecular weight is 118 g/mol. The zero-order chi connectivity index (χ0) is 5.82. The normalized spacial score (nSPS) is 28.9. The van der Waals surface area contributed by atoms with Crippen molar-refractivity contribution in [1.82, 2.24) is 0 Å². The van der Waals surface area contributed by atoms with E-state index in [1.807, 2.05) is 0 Å². The van der Waals surface area contributed by atoms with Crippen LogP contribution in [0.15, 0.2) is 0 Å². The summed E-state index contributed by atoms with van der Waals surface area (Å²) < 4.78 is 14.8. The molecule has 1 rings (SSSR count). The van der Waals surface area contributed by atoms with Crippen LogP contribution in [-0.2, 0) is 14.2 Å². The molecule has 0 aromatic rings. The Morgan fingerprint density at radius 2 is 2.62 bits per heavy atom. The largest absolute Gasteiger partial charge is 0.382 e. The van der Waals surface area contributed by atoms with E-state index in [1.54, 1.807) is 7.11 Å². The number of hydrogen-bond donors (Lipinski definition) is 0. The van der Waals surface area contributed by atoms with Gasteiger partial charge in [0.15, 0.2) is 0 Å². The van der Waals surface area contributed by atoms with Crippen molar-refractivity contribution in [3.05, 3.63) is 0 Å². The van der Waals surface area contributed by atoms with Gasteiger partial charge in [0.05, 0.1) is 13.2 Å². The Kier molecular flexibility index (Phi) is 2.27.